The Hall–Kier alpha value is -7.99. The van der Waals surface area contributed by atoms with Gasteiger partial charge in [-0.05, 0) is 68.8 Å². The molecule has 0 saturated carbocycles. The summed E-state index contributed by atoms with van der Waals surface area (Å²) in [4.78, 5) is 22.9. The van der Waals surface area contributed by atoms with Crippen molar-refractivity contribution >= 4 is 33.4 Å². The summed E-state index contributed by atoms with van der Waals surface area (Å²) in [6, 6.07) is 78.0. The number of rotatable bonds is 5. The first-order valence-corrected chi connectivity index (χ1v) is 22.4. The number of benzene rings is 9. The molecule has 1 aliphatic carbocycles. The van der Waals surface area contributed by atoms with E-state index >= 15 is 0 Å². The summed E-state index contributed by atoms with van der Waals surface area (Å²) in [6.07, 6.45) is 0. The second kappa shape index (κ2) is 14.6. The summed E-state index contributed by atoms with van der Waals surface area (Å²) in [6.45, 7) is 0. The molecular formula is C59H36N4S. The number of hydrogen-bond donors (Lipinski definition) is 0. The van der Waals surface area contributed by atoms with E-state index in [4.69, 9.17) is 19.9 Å². The van der Waals surface area contributed by atoms with Crippen molar-refractivity contribution in [2.24, 2.45) is 0 Å². The molecule has 0 saturated heterocycles. The predicted octanol–water partition coefficient (Wildman–Crippen LogP) is 14.7. The van der Waals surface area contributed by atoms with Crippen LogP contribution in [0.3, 0.4) is 0 Å². The number of nitrogens with zero attached hydrogens (tertiary/aromatic N) is 4. The maximum absolute atomic E-state index is 5.43. The van der Waals surface area contributed by atoms with Gasteiger partial charge in [0, 0.05) is 48.2 Å². The van der Waals surface area contributed by atoms with E-state index in [1.54, 1.807) is 0 Å². The Morgan fingerprint density at radius 1 is 0.328 bits per heavy atom. The summed E-state index contributed by atoms with van der Waals surface area (Å²) in [5.74, 6) is 1.92. The van der Waals surface area contributed by atoms with Gasteiger partial charge >= 0.3 is 0 Å². The van der Waals surface area contributed by atoms with Crippen LogP contribution >= 0.6 is 11.8 Å². The van der Waals surface area contributed by atoms with Gasteiger partial charge in [-0.1, -0.05) is 206 Å². The van der Waals surface area contributed by atoms with E-state index < -0.39 is 5.41 Å². The average Bonchev–Trinajstić information content (AvgIpc) is 3.67. The van der Waals surface area contributed by atoms with Gasteiger partial charge in [-0.2, -0.15) is 0 Å². The van der Waals surface area contributed by atoms with Crippen molar-refractivity contribution in [1.29, 1.82) is 0 Å². The molecule has 1 aliphatic heterocycles. The van der Waals surface area contributed by atoms with Crippen LogP contribution in [0.1, 0.15) is 22.3 Å². The monoisotopic (exact) mass is 832 g/mol. The van der Waals surface area contributed by atoms with Crippen molar-refractivity contribution in [3.05, 3.63) is 241 Å². The molecule has 5 heteroatoms. The zero-order chi connectivity index (χ0) is 42.2. The summed E-state index contributed by atoms with van der Waals surface area (Å²) < 4.78 is 0. The molecule has 298 valence electrons. The highest BCUT2D eigenvalue weighted by molar-refractivity contribution is 7.99. The molecule has 64 heavy (non-hydrogen) atoms. The van der Waals surface area contributed by atoms with E-state index in [1.807, 2.05) is 72.4 Å². The number of hydrogen-bond acceptors (Lipinski definition) is 5. The molecule has 2 aliphatic rings. The van der Waals surface area contributed by atoms with Crippen LogP contribution in [0.5, 0.6) is 0 Å². The minimum Gasteiger partial charge on any atom is -0.247 e. The Morgan fingerprint density at radius 2 is 0.859 bits per heavy atom. The smallest absolute Gasteiger partial charge is 0.164 e. The summed E-state index contributed by atoms with van der Waals surface area (Å²) in [5, 5.41) is 3.55. The van der Waals surface area contributed by atoms with Gasteiger partial charge in [-0.25, -0.2) is 19.9 Å². The van der Waals surface area contributed by atoms with Crippen molar-refractivity contribution in [1.82, 2.24) is 19.9 Å². The highest BCUT2D eigenvalue weighted by Crippen LogP contribution is 2.63. The van der Waals surface area contributed by atoms with Crippen molar-refractivity contribution in [3.8, 4) is 67.7 Å². The number of para-hydroxylation sites is 1. The highest BCUT2D eigenvalue weighted by Gasteiger charge is 2.50. The van der Waals surface area contributed by atoms with Gasteiger partial charge in [0.15, 0.2) is 17.5 Å². The third-order valence-electron chi connectivity index (χ3n) is 13.0. The Morgan fingerprint density at radius 3 is 1.55 bits per heavy atom. The van der Waals surface area contributed by atoms with E-state index in [2.05, 4.69) is 158 Å². The van der Waals surface area contributed by atoms with E-state index in [0.717, 1.165) is 55.4 Å². The lowest BCUT2D eigenvalue weighted by Crippen LogP contribution is -2.31. The molecule has 0 N–H and O–H groups in total. The van der Waals surface area contributed by atoms with Crippen LogP contribution in [0.2, 0.25) is 0 Å². The highest BCUT2D eigenvalue weighted by atomic mass is 32.2. The number of fused-ring (bicyclic) bond motifs is 13. The molecule has 4 nitrogen and oxygen atoms in total. The minimum absolute atomic E-state index is 0.452. The molecule has 0 amide bonds. The van der Waals surface area contributed by atoms with E-state index in [9.17, 15) is 0 Å². The topological polar surface area (TPSA) is 51.6 Å². The molecule has 0 unspecified atom stereocenters. The summed E-state index contributed by atoms with van der Waals surface area (Å²) >= 11 is 1.88. The molecule has 3 heterocycles. The Labute approximate surface area is 375 Å². The van der Waals surface area contributed by atoms with Crippen LogP contribution in [0.4, 0.5) is 0 Å². The molecule has 0 radical (unpaired) electrons. The summed E-state index contributed by atoms with van der Waals surface area (Å²) in [7, 11) is 0. The largest absolute Gasteiger partial charge is 0.247 e. The fourth-order valence-corrected chi connectivity index (χ4v) is 11.4. The van der Waals surface area contributed by atoms with Crippen LogP contribution in [0, 0.1) is 0 Å². The van der Waals surface area contributed by atoms with Gasteiger partial charge in [-0.3, -0.25) is 0 Å². The number of pyridine rings is 1. The second-order valence-electron chi connectivity index (χ2n) is 16.5. The van der Waals surface area contributed by atoms with E-state index in [1.165, 1.54) is 48.6 Å². The molecule has 0 fully saturated rings. The molecule has 11 aromatic rings. The first-order valence-electron chi connectivity index (χ1n) is 21.6. The molecule has 9 aromatic carbocycles. The quantitative estimate of drug-likeness (QED) is 0.162. The van der Waals surface area contributed by atoms with Crippen LogP contribution in [-0.4, -0.2) is 19.9 Å². The summed E-state index contributed by atoms with van der Waals surface area (Å²) in [5.41, 5.74) is 15.5. The van der Waals surface area contributed by atoms with Gasteiger partial charge in [0.1, 0.15) is 0 Å². The zero-order valence-corrected chi connectivity index (χ0v) is 35.3. The molecular weight excluding hydrogens is 797 g/mol. The van der Waals surface area contributed by atoms with Gasteiger partial charge in [-0.15, -0.1) is 0 Å². The lowest BCUT2D eigenvalue weighted by molar-refractivity contribution is 0.723. The molecule has 2 aromatic heterocycles. The molecule has 0 atom stereocenters. The van der Waals surface area contributed by atoms with Gasteiger partial charge in [0.25, 0.3) is 0 Å². The minimum atomic E-state index is -0.452. The SMILES string of the molecule is c1ccc(-c2nc(-c3ccccc3)nc(-c3cccc(-c4ccc(-c5nc6ccccc6c6c7c(ccc56)C5(c6ccccc6Sc6ccccc65)c5ccccc5-7)cc4)c3)n2)cc1. The molecule has 1 spiro atoms. The lowest BCUT2D eigenvalue weighted by atomic mass is 9.67. The predicted molar refractivity (Wildman–Crippen MR) is 261 cm³/mol. The maximum Gasteiger partial charge on any atom is 0.164 e. The number of aromatic nitrogens is 4. The van der Waals surface area contributed by atoms with Crippen molar-refractivity contribution in [2.45, 2.75) is 15.2 Å². The Kier molecular flexibility index (Phi) is 8.33. The first kappa shape index (κ1) is 36.6. The normalized spacial score (nSPS) is 13.1. The first-order chi connectivity index (χ1) is 31.7. The van der Waals surface area contributed by atoms with Crippen molar-refractivity contribution in [2.75, 3.05) is 0 Å². The average molecular weight is 833 g/mol. The van der Waals surface area contributed by atoms with E-state index in [-0.39, 0.29) is 0 Å². The van der Waals surface area contributed by atoms with Crippen LogP contribution in [0.25, 0.3) is 89.4 Å². The van der Waals surface area contributed by atoms with Crippen molar-refractivity contribution < 1.29 is 0 Å². The lowest BCUT2D eigenvalue weighted by Gasteiger charge is -2.39. The Bertz CT molecular complexity index is 3540. The van der Waals surface area contributed by atoms with Gasteiger partial charge in [0.2, 0.25) is 0 Å². The molecule has 0 bridgehead atoms. The van der Waals surface area contributed by atoms with Crippen LogP contribution in [0.15, 0.2) is 228 Å². The van der Waals surface area contributed by atoms with Gasteiger partial charge < -0.3 is 0 Å². The maximum atomic E-state index is 5.43. The second-order valence-corrected chi connectivity index (χ2v) is 17.6. The van der Waals surface area contributed by atoms with Crippen LogP contribution < -0.4 is 0 Å². The van der Waals surface area contributed by atoms with E-state index in [0.29, 0.717) is 17.5 Å². The fourth-order valence-electron chi connectivity index (χ4n) is 10.2. The van der Waals surface area contributed by atoms with Gasteiger partial charge in [0.05, 0.1) is 16.6 Å². The fraction of sp³-hybridized carbons (Fsp3) is 0.0169. The third kappa shape index (κ3) is 5.57. The standard InChI is InChI=1S/C59H36N4S/c1-3-16-39(17-4-1)56-61-57(40-18-5-2-6-19-40)63-58(62-56)42-21-15-20-41(36-42)37-30-32-38(33-31-37)55-45-34-35-49-54(53(45)44-23-8-12-27-50(44)60-55)43-22-7-9-24-46(43)59(49)47-25-10-13-28-51(47)64-52-29-14-11-26-48(52)59/h1-36H. The van der Waals surface area contributed by atoms with Crippen LogP contribution in [-0.2, 0) is 5.41 Å². The molecule has 13 rings (SSSR count). The zero-order valence-electron chi connectivity index (χ0n) is 34.5. The third-order valence-corrected chi connectivity index (χ3v) is 14.1. The van der Waals surface area contributed by atoms with Crippen molar-refractivity contribution in [3.63, 3.8) is 0 Å². The Balaban J connectivity index is 0.955.